The number of benzene rings is 1. The summed E-state index contributed by atoms with van der Waals surface area (Å²) in [5.74, 6) is -1.20. The smallest absolute Gasteiger partial charge is 0.247 e. The fourth-order valence-corrected chi connectivity index (χ4v) is 10.3. The van der Waals surface area contributed by atoms with E-state index < -0.39 is 28.2 Å². The molecule has 7 nitrogen and oxygen atoms in total. The summed E-state index contributed by atoms with van der Waals surface area (Å²) in [6, 6.07) is 9.24. The minimum absolute atomic E-state index is 0.00475. The van der Waals surface area contributed by atoms with E-state index in [2.05, 4.69) is 47.8 Å². The highest BCUT2D eigenvalue weighted by atomic mass is 32.2. The lowest BCUT2D eigenvalue weighted by atomic mass is 9.70. The van der Waals surface area contributed by atoms with Crippen LogP contribution in [0.3, 0.4) is 0 Å². The second-order valence-electron chi connectivity index (χ2n) is 14.3. The molecule has 0 aliphatic carbocycles. The number of aliphatic hydroxyl groups excluding tert-OH is 1. The zero-order chi connectivity index (χ0) is 31.6. The van der Waals surface area contributed by atoms with Crippen molar-refractivity contribution in [2.75, 3.05) is 26.2 Å². The van der Waals surface area contributed by atoms with E-state index in [1.807, 2.05) is 40.1 Å². The van der Waals surface area contributed by atoms with Crippen molar-refractivity contribution in [3.63, 3.8) is 0 Å². The molecule has 0 saturated carbocycles. The number of thioether (sulfide) groups is 1. The maximum Gasteiger partial charge on any atom is 0.247 e. The molecular formula is C35H51N3O4S. The Balaban J connectivity index is 1.73. The van der Waals surface area contributed by atoms with Gasteiger partial charge in [-0.2, -0.15) is 0 Å². The maximum atomic E-state index is 14.8. The molecule has 2 bridgehead atoms. The van der Waals surface area contributed by atoms with Crippen LogP contribution in [-0.2, 0) is 20.9 Å². The van der Waals surface area contributed by atoms with Gasteiger partial charge in [-0.15, -0.1) is 24.9 Å². The van der Waals surface area contributed by atoms with Crippen LogP contribution in [0.4, 0.5) is 0 Å². The van der Waals surface area contributed by atoms with E-state index in [9.17, 15) is 19.5 Å². The van der Waals surface area contributed by atoms with Crippen molar-refractivity contribution in [1.82, 2.24) is 14.7 Å². The highest BCUT2D eigenvalue weighted by molar-refractivity contribution is 8.02. The maximum absolute atomic E-state index is 14.8. The molecule has 0 radical (unpaired) electrons. The summed E-state index contributed by atoms with van der Waals surface area (Å²) in [6.07, 6.45) is 6.99. The lowest BCUT2D eigenvalue weighted by Crippen LogP contribution is -2.60. The Morgan fingerprint density at radius 2 is 1.74 bits per heavy atom. The number of fused-ring (bicyclic) bond motifs is 1. The Morgan fingerprint density at radius 1 is 1.07 bits per heavy atom. The molecule has 1 spiro atoms. The van der Waals surface area contributed by atoms with Crippen molar-refractivity contribution >= 4 is 29.5 Å². The summed E-state index contributed by atoms with van der Waals surface area (Å²) in [7, 11) is 0. The normalized spacial score (nSPS) is 26.4. The highest BCUT2D eigenvalue weighted by Crippen LogP contribution is 2.67. The van der Waals surface area contributed by atoms with Crippen LogP contribution < -0.4 is 0 Å². The highest BCUT2D eigenvalue weighted by Gasteiger charge is 2.74. The fraction of sp³-hybridized carbons (Fsp3) is 0.629. The standard InChI is InChI=1S/C35H51N3O4S/c1-8-19-36(23-25-15-11-10-12-16-25)30(40)27-26-17-18-35(43-26)28(27)31(41)37(21-13-14-22-39)29(35)32(42)38(20-9-2)34(6,7)24-33(3,4)5/h8-12,15-16,26-29,39H,1-2,13-14,17-24H2,3-7H3/t26-,27+,28-,29?,35?/m0/s1. The van der Waals surface area contributed by atoms with E-state index in [0.717, 1.165) is 24.8 Å². The SMILES string of the molecule is C=CCN(Cc1ccccc1)C(=O)[C@@H]1[C@@H]2CCC3(S2)C(C(=O)N(CC=C)C(C)(C)CC(C)(C)C)N(CCCCO)C(=O)[C@H]13. The first kappa shape index (κ1) is 33.3. The molecule has 3 heterocycles. The van der Waals surface area contributed by atoms with Crippen molar-refractivity contribution in [3.05, 3.63) is 61.2 Å². The van der Waals surface area contributed by atoms with Gasteiger partial charge in [0.2, 0.25) is 17.7 Å². The predicted octanol–water partition coefficient (Wildman–Crippen LogP) is 5.29. The van der Waals surface area contributed by atoms with E-state index >= 15 is 0 Å². The predicted molar refractivity (Wildman–Crippen MR) is 174 cm³/mol. The molecule has 43 heavy (non-hydrogen) atoms. The van der Waals surface area contributed by atoms with Crippen molar-refractivity contribution in [2.45, 2.75) is 94.8 Å². The Kier molecular flexibility index (Phi) is 10.2. The van der Waals surface area contributed by atoms with E-state index in [0.29, 0.717) is 39.0 Å². The number of rotatable bonds is 14. The molecule has 1 aromatic rings. The summed E-state index contributed by atoms with van der Waals surface area (Å²) in [4.78, 5) is 49.2. The lowest BCUT2D eigenvalue weighted by molar-refractivity contribution is -0.147. The van der Waals surface area contributed by atoms with Crippen molar-refractivity contribution < 1.29 is 19.5 Å². The molecule has 0 aromatic heterocycles. The van der Waals surface area contributed by atoms with Gasteiger partial charge in [0.15, 0.2) is 0 Å². The third kappa shape index (κ3) is 6.60. The van der Waals surface area contributed by atoms with Gasteiger partial charge in [-0.1, -0.05) is 63.3 Å². The van der Waals surface area contributed by atoms with E-state index in [1.54, 1.807) is 28.8 Å². The minimum atomic E-state index is -0.655. The third-order valence-electron chi connectivity index (χ3n) is 9.28. The first-order chi connectivity index (χ1) is 20.3. The molecule has 1 N–H and O–H groups in total. The van der Waals surface area contributed by atoms with Crippen LogP contribution in [0.15, 0.2) is 55.6 Å². The number of unbranched alkanes of at least 4 members (excludes halogenated alkanes) is 1. The molecule has 3 aliphatic heterocycles. The first-order valence-corrected chi connectivity index (χ1v) is 16.6. The number of amides is 3. The Bertz CT molecular complexity index is 1200. The molecule has 5 atom stereocenters. The number of nitrogens with zero attached hydrogens (tertiary/aromatic N) is 3. The summed E-state index contributed by atoms with van der Waals surface area (Å²) in [6.45, 7) is 20.3. The van der Waals surface area contributed by atoms with Gasteiger partial charge in [0, 0.05) is 43.6 Å². The van der Waals surface area contributed by atoms with Crippen LogP contribution in [0.25, 0.3) is 0 Å². The molecule has 1 aromatic carbocycles. The number of carbonyl (C=O) groups excluding carboxylic acids is 3. The monoisotopic (exact) mass is 609 g/mol. The molecule has 4 rings (SSSR count). The summed E-state index contributed by atoms with van der Waals surface area (Å²) >= 11 is 1.71. The van der Waals surface area contributed by atoms with Crippen molar-refractivity contribution in [3.8, 4) is 0 Å². The van der Waals surface area contributed by atoms with Crippen molar-refractivity contribution in [2.24, 2.45) is 17.3 Å². The van der Waals surface area contributed by atoms with Crippen LogP contribution in [0.1, 0.15) is 72.3 Å². The topological polar surface area (TPSA) is 81.2 Å². The van der Waals surface area contributed by atoms with Crippen LogP contribution in [0, 0.1) is 17.3 Å². The molecule has 3 aliphatic rings. The van der Waals surface area contributed by atoms with Gasteiger partial charge in [0.05, 0.1) is 16.6 Å². The van der Waals surface area contributed by atoms with Gasteiger partial charge in [-0.25, -0.2) is 0 Å². The summed E-state index contributed by atoms with van der Waals surface area (Å²) in [5, 5.41) is 9.51. The number of hydrogen-bond donors (Lipinski definition) is 1. The van der Waals surface area contributed by atoms with Crippen LogP contribution in [0.5, 0.6) is 0 Å². The Morgan fingerprint density at radius 3 is 2.35 bits per heavy atom. The number of hydrogen-bond acceptors (Lipinski definition) is 5. The van der Waals surface area contributed by atoms with E-state index in [4.69, 9.17) is 0 Å². The third-order valence-corrected chi connectivity index (χ3v) is 11.2. The molecule has 3 amide bonds. The first-order valence-electron chi connectivity index (χ1n) is 15.8. The van der Waals surface area contributed by atoms with E-state index in [-0.39, 0.29) is 35.0 Å². The second kappa shape index (κ2) is 13.2. The average Bonchev–Trinajstić information content (AvgIpc) is 3.57. The van der Waals surface area contributed by atoms with Gasteiger partial charge < -0.3 is 19.8 Å². The van der Waals surface area contributed by atoms with Crippen molar-refractivity contribution in [1.29, 1.82) is 0 Å². The van der Waals surface area contributed by atoms with Gasteiger partial charge in [-0.3, -0.25) is 14.4 Å². The zero-order valence-electron chi connectivity index (χ0n) is 26.8. The number of carbonyl (C=O) groups is 3. The number of likely N-dealkylation sites (tertiary alicyclic amines) is 1. The zero-order valence-corrected chi connectivity index (χ0v) is 27.6. The van der Waals surface area contributed by atoms with Crippen LogP contribution >= 0.6 is 11.8 Å². The summed E-state index contributed by atoms with van der Waals surface area (Å²) in [5.41, 5.74) is 0.549. The molecule has 8 heteroatoms. The molecule has 236 valence electrons. The average molecular weight is 610 g/mol. The fourth-order valence-electron chi connectivity index (χ4n) is 8.06. The van der Waals surface area contributed by atoms with Crippen LogP contribution in [-0.4, -0.2) is 85.3 Å². The van der Waals surface area contributed by atoms with Crippen LogP contribution in [0.2, 0.25) is 0 Å². The van der Waals surface area contributed by atoms with Gasteiger partial charge >= 0.3 is 0 Å². The molecule has 3 fully saturated rings. The van der Waals surface area contributed by atoms with E-state index in [1.165, 1.54) is 0 Å². The lowest BCUT2D eigenvalue weighted by Gasteiger charge is -2.46. The molecule has 2 unspecified atom stereocenters. The quantitative estimate of drug-likeness (QED) is 0.229. The second-order valence-corrected chi connectivity index (χ2v) is 15.9. The van der Waals surface area contributed by atoms with Gasteiger partial charge in [-0.05, 0) is 56.9 Å². The largest absolute Gasteiger partial charge is 0.396 e. The molecule has 3 saturated heterocycles. The van der Waals surface area contributed by atoms with Gasteiger partial charge in [0.25, 0.3) is 0 Å². The minimum Gasteiger partial charge on any atom is -0.396 e. The van der Waals surface area contributed by atoms with Gasteiger partial charge in [0.1, 0.15) is 6.04 Å². The summed E-state index contributed by atoms with van der Waals surface area (Å²) < 4.78 is -0.651. The molecular weight excluding hydrogens is 558 g/mol. The number of aliphatic hydroxyl groups is 1. The Labute approximate surface area is 262 Å². The Hall–Kier alpha value is -2.58.